The van der Waals surface area contributed by atoms with Gasteiger partial charge in [-0.15, -0.1) is 0 Å². The lowest BCUT2D eigenvalue weighted by molar-refractivity contribution is 0.444. The summed E-state index contributed by atoms with van der Waals surface area (Å²) >= 11 is 0. The first kappa shape index (κ1) is 14.2. The minimum absolute atomic E-state index is 0.565. The van der Waals surface area contributed by atoms with Gasteiger partial charge in [-0.25, -0.2) is 0 Å². The molecule has 1 rings (SSSR count). The Kier molecular flexibility index (Phi) is 9.19. The highest BCUT2D eigenvalue weighted by molar-refractivity contribution is 5.26. The van der Waals surface area contributed by atoms with Gasteiger partial charge < -0.3 is 5.32 Å². The standard InChI is InChI=1S/C12H19N.C2H6/c1-3-5-8-11(4-2)12-9-6-7-10-13-12;1-2/h3-5,8,12-13H,1,6-7,9-10H2,2H3;1-2H3/b8-5-,11-4+;/t12-;/m1./s1. The van der Waals surface area contributed by atoms with Crippen LogP contribution < -0.4 is 5.32 Å². The highest BCUT2D eigenvalue weighted by Gasteiger charge is 2.13. The fourth-order valence-corrected chi connectivity index (χ4v) is 1.73. The van der Waals surface area contributed by atoms with E-state index in [0.29, 0.717) is 6.04 Å². The number of hydrogen-bond acceptors (Lipinski definition) is 1. The van der Waals surface area contributed by atoms with Crippen LogP contribution in [0.5, 0.6) is 0 Å². The molecule has 0 aromatic rings. The molecule has 1 nitrogen and oxygen atoms in total. The minimum atomic E-state index is 0.565. The summed E-state index contributed by atoms with van der Waals surface area (Å²) in [6.45, 7) is 10.9. The van der Waals surface area contributed by atoms with E-state index in [1.54, 1.807) is 0 Å². The quantitative estimate of drug-likeness (QED) is 0.693. The zero-order valence-corrected chi connectivity index (χ0v) is 10.4. The topological polar surface area (TPSA) is 12.0 Å². The number of allylic oxidation sites excluding steroid dienone is 3. The van der Waals surface area contributed by atoms with Crippen LogP contribution in [-0.4, -0.2) is 12.6 Å². The van der Waals surface area contributed by atoms with Crippen LogP contribution >= 0.6 is 0 Å². The molecule has 0 bridgehead atoms. The summed E-state index contributed by atoms with van der Waals surface area (Å²) in [4.78, 5) is 0. The van der Waals surface area contributed by atoms with Gasteiger partial charge in [0.1, 0.15) is 0 Å². The molecule has 0 saturated carbocycles. The molecular formula is C14H25N. The number of rotatable bonds is 3. The van der Waals surface area contributed by atoms with Gasteiger partial charge in [0, 0.05) is 6.04 Å². The van der Waals surface area contributed by atoms with E-state index in [4.69, 9.17) is 0 Å². The van der Waals surface area contributed by atoms with Gasteiger partial charge in [-0.3, -0.25) is 0 Å². The van der Waals surface area contributed by atoms with E-state index in [0.717, 1.165) is 6.54 Å². The molecule has 1 fully saturated rings. The van der Waals surface area contributed by atoms with Crippen molar-refractivity contribution >= 4 is 0 Å². The molecule has 0 amide bonds. The van der Waals surface area contributed by atoms with Gasteiger partial charge in [-0.05, 0) is 31.9 Å². The number of hydrogen-bond donors (Lipinski definition) is 1. The highest BCUT2D eigenvalue weighted by Crippen LogP contribution is 2.15. The molecule has 1 N–H and O–H groups in total. The van der Waals surface area contributed by atoms with Gasteiger partial charge >= 0.3 is 0 Å². The van der Waals surface area contributed by atoms with Crippen molar-refractivity contribution in [2.75, 3.05) is 6.54 Å². The lowest BCUT2D eigenvalue weighted by Gasteiger charge is -2.24. The molecule has 0 aliphatic carbocycles. The molecule has 15 heavy (non-hydrogen) atoms. The zero-order chi connectivity index (χ0) is 11.5. The molecule has 86 valence electrons. The minimum Gasteiger partial charge on any atom is -0.310 e. The Bertz CT molecular complexity index is 207. The molecule has 1 heterocycles. The van der Waals surface area contributed by atoms with Crippen LogP contribution in [0, 0.1) is 0 Å². The van der Waals surface area contributed by atoms with E-state index in [-0.39, 0.29) is 0 Å². The van der Waals surface area contributed by atoms with Crippen LogP contribution in [0.3, 0.4) is 0 Å². The molecule has 0 radical (unpaired) electrons. The van der Waals surface area contributed by atoms with E-state index in [1.807, 2.05) is 26.0 Å². The third-order valence-corrected chi connectivity index (χ3v) is 2.47. The second-order valence-corrected chi connectivity index (χ2v) is 3.39. The Morgan fingerprint density at radius 2 is 2.07 bits per heavy atom. The maximum atomic E-state index is 3.68. The van der Waals surface area contributed by atoms with Crippen molar-refractivity contribution in [1.29, 1.82) is 0 Å². The molecule has 0 unspecified atom stereocenters. The molecule has 1 aliphatic rings. The average molecular weight is 207 g/mol. The first-order valence-electron chi connectivity index (χ1n) is 6.07. The smallest absolute Gasteiger partial charge is 0.0316 e. The maximum Gasteiger partial charge on any atom is 0.0316 e. The first-order valence-corrected chi connectivity index (χ1v) is 6.07. The Labute approximate surface area is 95.0 Å². The summed E-state index contributed by atoms with van der Waals surface area (Å²) in [5.74, 6) is 0. The molecule has 1 atom stereocenters. The van der Waals surface area contributed by atoms with Crippen molar-refractivity contribution in [2.24, 2.45) is 0 Å². The van der Waals surface area contributed by atoms with Crippen molar-refractivity contribution in [1.82, 2.24) is 5.32 Å². The van der Waals surface area contributed by atoms with Crippen LogP contribution in [0.2, 0.25) is 0 Å². The van der Waals surface area contributed by atoms with Gasteiger partial charge in [0.25, 0.3) is 0 Å². The maximum absolute atomic E-state index is 3.68. The molecule has 0 aromatic heterocycles. The molecule has 1 aliphatic heterocycles. The average Bonchev–Trinajstić information content (AvgIpc) is 2.34. The molecule has 1 heteroatoms. The summed E-state index contributed by atoms with van der Waals surface area (Å²) in [6.07, 6.45) is 12.1. The van der Waals surface area contributed by atoms with Crippen molar-refractivity contribution in [3.8, 4) is 0 Å². The predicted octanol–water partition coefficient (Wildman–Crippen LogP) is 3.84. The summed E-state index contributed by atoms with van der Waals surface area (Å²) < 4.78 is 0. The van der Waals surface area contributed by atoms with Crippen molar-refractivity contribution in [3.63, 3.8) is 0 Å². The fourth-order valence-electron chi connectivity index (χ4n) is 1.73. The van der Waals surface area contributed by atoms with Crippen LogP contribution in [0.15, 0.2) is 36.5 Å². The fraction of sp³-hybridized carbons (Fsp3) is 0.571. The summed E-state index contributed by atoms with van der Waals surface area (Å²) in [6, 6.07) is 0.565. The van der Waals surface area contributed by atoms with Crippen LogP contribution in [0.25, 0.3) is 0 Å². The summed E-state index contributed by atoms with van der Waals surface area (Å²) in [7, 11) is 0. The van der Waals surface area contributed by atoms with E-state index >= 15 is 0 Å². The summed E-state index contributed by atoms with van der Waals surface area (Å²) in [5.41, 5.74) is 1.39. The number of nitrogens with one attached hydrogen (secondary N) is 1. The monoisotopic (exact) mass is 207 g/mol. The second kappa shape index (κ2) is 9.72. The van der Waals surface area contributed by atoms with E-state index in [1.165, 1.54) is 24.8 Å². The number of piperidine rings is 1. The van der Waals surface area contributed by atoms with Crippen molar-refractivity contribution < 1.29 is 0 Å². The first-order chi connectivity index (χ1) is 7.38. The molecule has 0 spiro atoms. The lowest BCUT2D eigenvalue weighted by Crippen LogP contribution is -2.34. The Morgan fingerprint density at radius 1 is 1.33 bits per heavy atom. The van der Waals surface area contributed by atoms with Crippen LogP contribution in [-0.2, 0) is 0 Å². The van der Waals surface area contributed by atoms with Crippen LogP contribution in [0.1, 0.15) is 40.0 Å². The van der Waals surface area contributed by atoms with Gasteiger partial charge in [0.2, 0.25) is 0 Å². The van der Waals surface area contributed by atoms with Crippen LogP contribution in [0.4, 0.5) is 0 Å². The van der Waals surface area contributed by atoms with Gasteiger partial charge in [-0.2, -0.15) is 0 Å². The normalized spacial score (nSPS) is 22.1. The van der Waals surface area contributed by atoms with E-state index in [2.05, 4.69) is 31.0 Å². The Hall–Kier alpha value is -0.820. The zero-order valence-electron chi connectivity index (χ0n) is 10.4. The highest BCUT2D eigenvalue weighted by atomic mass is 14.9. The van der Waals surface area contributed by atoms with Crippen molar-refractivity contribution in [3.05, 3.63) is 36.5 Å². The van der Waals surface area contributed by atoms with E-state index < -0.39 is 0 Å². The third kappa shape index (κ3) is 5.58. The van der Waals surface area contributed by atoms with Gasteiger partial charge in [0.15, 0.2) is 0 Å². The second-order valence-electron chi connectivity index (χ2n) is 3.39. The molecular weight excluding hydrogens is 182 g/mol. The molecule has 1 saturated heterocycles. The largest absolute Gasteiger partial charge is 0.310 e. The predicted molar refractivity (Wildman–Crippen MR) is 70.1 cm³/mol. The van der Waals surface area contributed by atoms with E-state index in [9.17, 15) is 0 Å². The summed E-state index contributed by atoms with van der Waals surface area (Å²) in [5, 5.41) is 3.53. The van der Waals surface area contributed by atoms with Gasteiger partial charge in [-0.1, -0.05) is 51.2 Å². The SMILES string of the molecule is C=C/C=C\C(=C/C)[C@H]1CCCCN1.CC. The third-order valence-electron chi connectivity index (χ3n) is 2.47. The molecule has 0 aromatic carbocycles. The lowest BCUT2D eigenvalue weighted by atomic mass is 9.97. The van der Waals surface area contributed by atoms with Gasteiger partial charge in [0.05, 0.1) is 0 Å². The van der Waals surface area contributed by atoms with Crippen molar-refractivity contribution in [2.45, 2.75) is 46.1 Å². The Balaban J connectivity index is 0.000000921. The Morgan fingerprint density at radius 3 is 2.53 bits per heavy atom.